The molecule has 4 heteroatoms. The molecule has 0 amide bonds. The largest absolute Gasteiger partial charge is 0.490 e. The second-order valence-electron chi connectivity index (χ2n) is 3.07. The molecule has 1 aromatic carbocycles. The molecular weight excluding hydrogens is 220 g/mol. The van der Waals surface area contributed by atoms with Crippen molar-refractivity contribution in [1.29, 1.82) is 0 Å². The van der Waals surface area contributed by atoms with Crippen molar-refractivity contribution in [2.75, 3.05) is 19.8 Å². The fraction of sp³-hybridized carbons (Fsp3) is 0.500. The van der Waals surface area contributed by atoms with E-state index in [0.717, 1.165) is 10.9 Å². The predicted molar refractivity (Wildman–Crippen MR) is 65.3 cm³/mol. The van der Waals surface area contributed by atoms with Crippen molar-refractivity contribution in [3.05, 3.63) is 12.1 Å². The maximum Gasteiger partial charge on any atom is 0.203 e. The molecule has 0 heterocycles. The quantitative estimate of drug-likeness (QED) is 0.705. The second kappa shape index (κ2) is 6.43. The van der Waals surface area contributed by atoms with Gasteiger partial charge in [-0.05, 0) is 32.0 Å². The zero-order valence-electron chi connectivity index (χ0n) is 10.0. The Morgan fingerprint density at radius 2 is 1.44 bits per heavy atom. The third-order valence-corrected chi connectivity index (χ3v) is 2.35. The number of ether oxygens (including phenoxy) is 3. The molecule has 0 spiro atoms. The molecule has 0 aliphatic heterocycles. The first-order valence-corrected chi connectivity index (χ1v) is 6.01. The molecule has 1 rings (SSSR count). The van der Waals surface area contributed by atoms with Crippen LogP contribution >= 0.6 is 0 Å². The van der Waals surface area contributed by atoms with Crippen molar-refractivity contribution in [2.24, 2.45) is 0 Å². The van der Waals surface area contributed by atoms with Crippen LogP contribution in [0.5, 0.6) is 17.2 Å². The first-order chi connectivity index (χ1) is 7.74. The fourth-order valence-electron chi connectivity index (χ4n) is 1.38. The van der Waals surface area contributed by atoms with E-state index in [0.29, 0.717) is 31.3 Å². The van der Waals surface area contributed by atoms with Crippen LogP contribution in [0.2, 0.25) is 0 Å². The molecule has 16 heavy (non-hydrogen) atoms. The summed E-state index contributed by atoms with van der Waals surface area (Å²) in [6, 6.07) is 3.77. The third kappa shape index (κ3) is 2.92. The number of hydrogen-bond donors (Lipinski definition) is 0. The Morgan fingerprint density at radius 3 is 2.00 bits per heavy atom. The molecule has 87 valence electrons. The lowest BCUT2D eigenvalue weighted by Gasteiger charge is -2.17. The smallest absolute Gasteiger partial charge is 0.203 e. The number of benzene rings is 1. The molecular formula is C12H17O3Si. The van der Waals surface area contributed by atoms with Crippen LogP contribution in [0.25, 0.3) is 0 Å². The van der Waals surface area contributed by atoms with Gasteiger partial charge in [0, 0.05) is 0 Å². The zero-order chi connectivity index (χ0) is 12.0. The fourth-order valence-corrected chi connectivity index (χ4v) is 1.65. The predicted octanol–water partition coefficient (Wildman–Crippen LogP) is 1.68. The summed E-state index contributed by atoms with van der Waals surface area (Å²) in [5.41, 5.74) is 0. The molecule has 0 bridgehead atoms. The molecule has 0 atom stereocenters. The SMILES string of the molecule is CCOc1ccc([Si])c(OCC)c1OCC. The minimum atomic E-state index is 0.579. The van der Waals surface area contributed by atoms with Crippen LogP contribution in [0.4, 0.5) is 0 Å². The normalized spacial score (nSPS) is 10.0. The van der Waals surface area contributed by atoms with Crippen LogP contribution in [0.3, 0.4) is 0 Å². The minimum absolute atomic E-state index is 0.579. The van der Waals surface area contributed by atoms with Crippen LogP contribution < -0.4 is 19.4 Å². The van der Waals surface area contributed by atoms with Gasteiger partial charge in [-0.15, -0.1) is 0 Å². The molecule has 0 aliphatic carbocycles. The summed E-state index contributed by atoms with van der Waals surface area (Å²) in [6.45, 7) is 7.59. The number of rotatable bonds is 6. The Kier molecular flexibility index (Phi) is 5.18. The zero-order valence-corrected chi connectivity index (χ0v) is 11.0. The van der Waals surface area contributed by atoms with Gasteiger partial charge >= 0.3 is 0 Å². The van der Waals surface area contributed by atoms with Crippen molar-refractivity contribution < 1.29 is 14.2 Å². The van der Waals surface area contributed by atoms with E-state index in [1.165, 1.54) is 0 Å². The van der Waals surface area contributed by atoms with Gasteiger partial charge in [0.1, 0.15) is 0 Å². The van der Waals surface area contributed by atoms with E-state index in [-0.39, 0.29) is 0 Å². The summed E-state index contributed by atoms with van der Waals surface area (Å²) in [5.74, 6) is 2.08. The number of hydrogen-bond acceptors (Lipinski definition) is 3. The molecule has 0 N–H and O–H groups in total. The Morgan fingerprint density at radius 1 is 0.875 bits per heavy atom. The van der Waals surface area contributed by atoms with Crippen molar-refractivity contribution in [2.45, 2.75) is 20.8 Å². The monoisotopic (exact) mass is 237 g/mol. The molecule has 0 saturated heterocycles. The first-order valence-electron chi connectivity index (χ1n) is 5.51. The molecule has 0 unspecified atom stereocenters. The van der Waals surface area contributed by atoms with E-state index in [9.17, 15) is 0 Å². The van der Waals surface area contributed by atoms with Crippen molar-refractivity contribution in [3.63, 3.8) is 0 Å². The van der Waals surface area contributed by atoms with Crippen LogP contribution in [-0.4, -0.2) is 30.1 Å². The second-order valence-corrected chi connectivity index (χ2v) is 3.61. The molecule has 3 nitrogen and oxygen atoms in total. The van der Waals surface area contributed by atoms with Gasteiger partial charge in [-0.3, -0.25) is 0 Å². The molecule has 0 saturated carbocycles. The lowest BCUT2D eigenvalue weighted by Crippen LogP contribution is -2.12. The van der Waals surface area contributed by atoms with Gasteiger partial charge in [0.25, 0.3) is 0 Å². The highest BCUT2D eigenvalue weighted by Crippen LogP contribution is 2.35. The molecule has 1 aromatic rings. The Bertz CT molecular complexity index is 339. The van der Waals surface area contributed by atoms with Crippen molar-refractivity contribution >= 4 is 15.4 Å². The Hall–Kier alpha value is -1.16. The Labute approximate surface area is 100 Å². The standard InChI is InChI=1S/C12H17O3Si/c1-4-13-9-7-8-10(16)12(15-6-3)11(9)14-5-2/h7-8H,4-6H2,1-3H3. The highest BCUT2D eigenvalue weighted by atomic mass is 28.1. The summed E-state index contributed by atoms with van der Waals surface area (Å²) in [6.07, 6.45) is 0. The Balaban J connectivity index is 3.14. The van der Waals surface area contributed by atoms with Gasteiger partial charge in [-0.1, -0.05) is 6.07 Å². The van der Waals surface area contributed by atoms with Gasteiger partial charge in [-0.25, -0.2) is 0 Å². The highest BCUT2D eigenvalue weighted by molar-refractivity contribution is 6.34. The summed E-state index contributed by atoms with van der Waals surface area (Å²) < 4.78 is 16.6. The maximum absolute atomic E-state index is 5.57. The van der Waals surface area contributed by atoms with Crippen LogP contribution in [0.15, 0.2) is 12.1 Å². The van der Waals surface area contributed by atoms with E-state index < -0.39 is 0 Å². The topological polar surface area (TPSA) is 27.7 Å². The van der Waals surface area contributed by atoms with Crippen LogP contribution in [-0.2, 0) is 0 Å². The van der Waals surface area contributed by atoms with E-state index in [2.05, 4.69) is 10.2 Å². The highest BCUT2D eigenvalue weighted by Gasteiger charge is 2.14. The van der Waals surface area contributed by atoms with Gasteiger partial charge in [0.2, 0.25) is 5.75 Å². The third-order valence-electron chi connectivity index (χ3n) is 1.95. The lowest BCUT2D eigenvalue weighted by molar-refractivity contribution is 0.262. The molecule has 0 fully saturated rings. The maximum atomic E-state index is 5.57. The minimum Gasteiger partial charge on any atom is -0.490 e. The van der Waals surface area contributed by atoms with Gasteiger partial charge in [0.05, 0.1) is 30.1 Å². The van der Waals surface area contributed by atoms with Gasteiger partial charge in [-0.2, -0.15) is 0 Å². The van der Waals surface area contributed by atoms with E-state index in [4.69, 9.17) is 14.2 Å². The summed E-state index contributed by atoms with van der Waals surface area (Å²) >= 11 is 0. The van der Waals surface area contributed by atoms with Crippen LogP contribution in [0.1, 0.15) is 20.8 Å². The average Bonchev–Trinajstić information content (AvgIpc) is 2.27. The van der Waals surface area contributed by atoms with Crippen molar-refractivity contribution in [3.8, 4) is 17.2 Å². The van der Waals surface area contributed by atoms with Crippen molar-refractivity contribution in [1.82, 2.24) is 0 Å². The van der Waals surface area contributed by atoms with E-state index >= 15 is 0 Å². The van der Waals surface area contributed by atoms with Gasteiger partial charge < -0.3 is 14.2 Å². The first kappa shape index (κ1) is 12.9. The molecule has 0 aliphatic rings. The van der Waals surface area contributed by atoms with E-state index in [1.807, 2.05) is 32.9 Å². The summed E-state index contributed by atoms with van der Waals surface area (Å²) in [7, 11) is 3.50. The summed E-state index contributed by atoms with van der Waals surface area (Å²) in [5, 5.41) is 0.869. The van der Waals surface area contributed by atoms with Crippen LogP contribution in [0, 0.1) is 0 Å². The molecule has 0 aromatic heterocycles. The van der Waals surface area contributed by atoms with E-state index in [1.54, 1.807) is 0 Å². The average molecular weight is 237 g/mol. The lowest BCUT2D eigenvalue weighted by atomic mass is 10.3. The van der Waals surface area contributed by atoms with Gasteiger partial charge in [0.15, 0.2) is 11.5 Å². The summed E-state index contributed by atoms with van der Waals surface area (Å²) in [4.78, 5) is 0. The molecule has 3 radical (unpaired) electrons.